The Labute approximate surface area is 309 Å². The SMILES string of the molecule is CC/C=C\C/C=C\C/C=C\C/C=C\C/C=C\CCCCCCCCCC(=O)OC(CO)COC(=O)CCCCCCCCCCCCCCC. The maximum absolute atomic E-state index is 12.2. The summed E-state index contributed by atoms with van der Waals surface area (Å²) >= 11 is 0. The highest BCUT2D eigenvalue weighted by Gasteiger charge is 2.16. The number of unbranched alkanes of at least 4 members (excludes halogenated alkanes) is 19. The minimum atomic E-state index is -0.777. The van der Waals surface area contributed by atoms with Gasteiger partial charge in [-0.25, -0.2) is 0 Å². The molecule has 50 heavy (non-hydrogen) atoms. The normalized spacial score (nSPS) is 12.8. The second-order valence-electron chi connectivity index (χ2n) is 13.7. The Kier molecular flexibility index (Phi) is 39.1. The van der Waals surface area contributed by atoms with Gasteiger partial charge in [0, 0.05) is 12.8 Å². The lowest BCUT2D eigenvalue weighted by molar-refractivity contribution is -0.161. The third-order valence-corrected chi connectivity index (χ3v) is 8.83. The van der Waals surface area contributed by atoms with Crippen molar-refractivity contribution in [3.05, 3.63) is 60.8 Å². The first-order valence-corrected chi connectivity index (χ1v) is 20.8. The predicted octanol–water partition coefficient (Wildman–Crippen LogP) is 13.2. The van der Waals surface area contributed by atoms with Gasteiger partial charge in [-0.1, -0.05) is 184 Å². The molecule has 1 atom stereocenters. The second kappa shape index (κ2) is 41.0. The fourth-order valence-corrected chi connectivity index (χ4v) is 5.70. The number of ether oxygens (including phenoxy) is 2. The number of hydrogen-bond acceptors (Lipinski definition) is 5. The largest absolute Gasteiger partial charge is 0.462 e. The first-order valence-electron chi connectivity index (χ1n) is 20.8. The molecular formula is C45H78O5. The van der Waals surface area contributed by atoms with Crippen molar-refractivity contribution in [3.63, 3.8) is 0 Å². The summed E-state index contributed by atoms with van der Waals surface area (Å²) in [5.41, 5.74) is 0. The maximum Gasteiger partial charge on any atom is 0.306 e. The number of aliphatic hydroxyl groups excluding tert-OH is 1. The van der Waals surface area contributed by atoms with Crippen LogP contribution in [0.4, 0.5) is 0 Å². The van der Waals surface area contributed by atoms with Gasteiger partial charge in [0.2, 0.25) is 0 Å². The summed E-state index contributed by atoms with van der Waals surface area (Å²) in [6, 6.07) is 0. The smallest absolute Gasteiger partial charge is 0.306 e. The molecule has 0 aliphatic carbocycles. The number of allylic oxidation sites excluding steroid dienone is 10. The van der Waals surface area contributed by atoms with E-state index < -0.39 is 6.10 Å². The maximum atomic E-state index is 12.2. The van der Waals surface area contributed by atoms with Crippen LogP contribution in [0.1, 0.15) is 194 Å². The Bertz CT molecular complexity index is 884. The van der Waals surface area contributed by atoms with E-state index in [1.807, 2.05) is 0 Å². The zero-order chi connectivity index (χ0) is 36.4. The topological polar surface area (TPSA) is 72.8 Å². The zero-order valence-corrected chi connectivity index (χ0v) is 32.6. The Balaban J connectivity index is 3.58. The van der Waals surface area contributed by atoms with Gasteiger partial charge in [0.15, 0.2) is 6.10 Å². The molecule has 0 aromatic rings. The molecule has 0 amide bonds. The summed E-state index contributed by atoms with van der Waals surface area (Å²) in [6.07, 6.45) is 52.8. The van der Waals surface area contributed by atoms with Crippen molar-refractivity contribution in [2.75, 3.05) is 13.2 Å². The second-order valence-corrected chi connectivity index (χ2v) is 13.7. The van der Waals surface area contributed by atoms with Crippen LogP contribution in [-0.4, -0.2) is 36.4 Å². The molecule has 0 aliphatic heterocycles. The zero-order valence-electron chi connectivity index (χ0n) is 32.6. The van der Waals surface area contributed by atoms with Crippen molar-refractivity contribution in [1.82, 2.24) is 0 Å². The van der Waals surface area contributed by atoms with Gasteiger partial charge in [0.25, 0.3) is 0 Å². The van der Waals surface area contributed by atoms with Crippen molar-refractivity contribution >= 4 is 11.9 Å². The van der Waals surface area contributed by atoms with Crippen molar-refractivity contribution in [3.8, 4) is 0 Å². The van der Waals surface area contributed by atoms with Crippen LogP contribution < -0.4 is 0 Å². The van der Waals surface area contributed by atoms with Gasteiger partial charge in [-0.15, -0.1) is 0 Å². The molecule has 0 radical (unpaired) electrons. The number of aliphatic hydroxyl groups is 1. The van der Waals surface area contributed by atoms with Gasteiger partial charge in [-0.2, -0.15) is 0 Å². The highest BCUT2D eigenvalue weighted by Crippen LogP contribution is 2.14. The Morgan fingerprint density at radius 2 is 0.860 bits per heavy atom. The van der Waals surface area contributed by atoms with E-state index >= 15 is 0 Å². The molecule has 5 nitrogen and oxygen atoms in total. The molecule has 0 heterocycles. The molecule has 0 saturated carbocycles. The number of carbonyl (C=O) groups is 2. The molecule has 0 fully saturated rings. The highest BCUT2D eigenvalue weighted by atomic mass is 16.6. The molecule has 0 aromatic heterocycles. The quantitative estimate of drug-likeness (QED) is 0.0397. The van der Waals surface area contributed by atoms with Crippen LogP contribution in [0.25, 0.3) is 0 Å². The molecular weight excluding hydrogens is 620 g/mol. The molecule has 288 valence electrons. The Morgan fingerprint density at radius 1 is 0.480 bits per heavy atom. The summed E-state index contributed by atoms with van der Waals surface area (Å²) in [5.74, 6) is -0.603. The van der Waals surface area contributed by atoms with E-state index in [0.717, 1.165) is 77.0 Å². The van der Waals surface area contributed by atoms with Crippen LogP contribution >= 0.6 is 0 Å². The van der Waals surface area contributed by atoms with Crippen LogP contribution in [0.5, 0.6) is 0 Å². The van der Waals surface area contributed by atoms with Gasteiger partial charge < -0.3 is 14.6 Å². The molecule has 1 N–H and O–H groups in total. The van der Waals surface area contributed by atoms with Gasteiger partial charge >= 0.3 is 11.9 Å². The summed E-state index contributed by atoms with van der Waals surface area (Å²) < 4.78 is 10.6. The summed E-state index contributed by atoms with van der Waals surface area (Å²) in [7, 11) is 0. The molecule has 1 unspecified atom stereocenters. The van der Waals surface area contributed by atoms with Crippen molar-refractivity contribution in [1.29, 1.82) is 0 Å². The van der Waals surface area contributed by atoms with Crippen molar-refractivity contribution in [2.24, 2.45) is 0 Å². The fraction of sp³-hybridized carbons (Fsp3) is 0.733. The first-order chi connectivity index (χ1) is 24.6. The van der Waals surface area contributed by atoms with Crippen molar-refractivity contribution in [2.45, 2.75) is 200 Å². The van der Waals surface area contributed by atoms with Crippen LogP contribution in [0, 0.1) is 0 Å². The lowest BCUT2D eigenvalue weighted by Gasteiger charge is -2.15. The van der Waals surface area contributed by atoms with Gasteiger partial charge in [-0.05, 0) is 57.8 Å². The van der Waals surface area contributed by atoms with Crippen LogP contribution in [-0.2, 0) is 19.1 Å². The summed E-state index contributed by atoms with van der Waals surface area (Å²) in [4.78, 5) is 24.3. The van der Waals surface area contributed by atoms with E-state index in [1.54, 1.807) is 0 Å². The van der Waals surface area contributed by atoms with E-state index in [2.05, 4.69) is 74.6 Å². The lowest BCUT2D eigenvalue weighted by Crippen LogP contribution is -2.28. The highest BCUT2D eigenvalue weighted by molar-refractivity contribution is 5.70. The Morgan fingerprint density at radius 3 is 1.30 bits per heavy atom. The third kappa shape index (κ3) is 38.4. The predicted molar refractivity (Wildman–Crippen MR) is 214 cm³/mol. The number of rotatable bonds is 37. The summed E-state index contributed by atoms with van der Waals surface area (Å²) in [6.45, 7) is 4.01. The molecule has 0 aliphatic rings. The minimum absolute atomic E-state index is 0.0703. The lowest BCUT2D eigenvalue weighted by atomic mass is 10.0. The van der Waals surface area contributed by atoms with Crippen molar-refractivity contribution < 1.29 is 24.2 Å². The van der Waals surface area contributed by atoms with Gasteiger partial charge in [0.05, 0.1) is 6.61 Å². The van der Waals surface area contributed by atoms with Crippen LogP contribution in [0.3, 0.4) is 0 Å². The number of carbonyl (C=O) groups excluding carboxylic acids is 2. The van der Waals surface area contributed by atoms with E-state index in [0.29, 0.717) is 12.8 Å². The standard InChI is InChI=1S/C45H78O5/c1-3-5-7-9-11-13-15-17-18-19-20-21-22-23-24-25-26-28-30-32-34-36-38-40-45(48)50-43(41-46)42-49-44(47)39-37-35-33-31-29-27-16-14-12-10-8-6-4-2/h5,7,11,13,17-18,20-21,23-24,43,46H,3-4,6,8-10,12,14-16,19,22,25-42H2,1-2H3/b7-5-,13-11-,18-17-,21-20-,24-23-. The van der Waals surface area contributed by atoms with E-state index in [-0.39, 0.29) is 25.2 Å². The molecule has 5 heteroatoms. The van der Waals surface area contributed by atoms with Crippen LogP contribution in [0.2, 0.25) is 0 Å². The van der Waals surface area contributed by atoms with E-state index in [9.17, 15) is 14.7 Å². The van der Waals surface area contributed by atoms with Gasteiger partial charge in [-0.3, -0.25) is 9.59 Å². The average molecular weight is 699 g/mol. The van der Waals surface area contributed by atoms with E-state index in [1.165, 1.54) is 89.9 Å². The monoisotopic (exact) mass is 699 g/mol. The molecule has 0 saturated heterocycles. The summed E-state index contributed by atoms with van der Waals surface area (Å²) in [5, 5.41) is 9.56. The third-order valence-electron chi connectivity index (χ3n) is 8.83. The van der Waals surface area contributed by atoms with Gasteiger partial charge in [0.1, 0.15) is 6.61 Å². The fourth-order valence-electron chi connectivity index (χ4n) is 5.70. The number of esters is 2. The molecule has 0 aromatic carbocycles. The Hall–Kier alpha value is -2.40. The molecule has 0 rings (SSSR count). The van der Waals surface area contributed by atoms with Crippen LogP contribution in [0.15, 0.2) is 60.8 Å². The van der Waals surface area contributed by atoms with E-state index in [4.69, 9.17) is 9.47 Å². The number of hydrogen-bond donors (Lipinski definition) is 1. The minimum Gasteiger partial charge on any atom is -0.462 e. The first kappa shape index (κ1) is 47.6. The average Bonchev–Trinajstić information content (AvgIpc) is 3.12. The molecule has 0 spiro atoms. The molecule has 0 bridgehead atoms.